The Balaban J connectivity index is 1.80. The van der Waals surface area contributed by atoms with Gasteiger partial charge in [0.1, 0.15) is 5.01 Å². The van der Waals surface area contributed by atoms with E-state index in [1.807, 2.05) is 0 Å². The maximum Gasteiger partial charge on any atom is 0.416 e. The highest BCUT2D eigenvalue weighted by molar-refractivity contribution is 7.13. The van der Waals surface area contributed by atoms with Crippen LogP contribution in [0.25, 0.3) is 21.8 Å². The Labute approximate surface area is 182 Å². The van der Waals surface area contributed by atoms with E-state index in [-0.39, 0.29) is 33.8 Å². The number of carbonyl (C=O) groups excluding carboxylic acids is 1. The van der Waals surface area contributed by atoms with Crippen molar-refractivity contribution in [1.82, 2.24) is 10.1 Å². The zero-order valence-electron chi connectivity index (χ0n) is 15.9. The zero-order chi connectivity index (χ0) is 22.9. The van der Waals surface area contributed by atoms with Gasteiger partial charge in [0.25, 0.3) is 5.91 Å². The van der Waals surface area contributed by atoms with Crippen LogP contribution < -0.4 is 5.32 Å². The first kappa shape index (κ1) is 21.2. The van der Waals surface area contributed by atoms with Gasteiger partial charge in [-0.05, 0) is 24.3 Å². The third-order valence-electron chi connectivity index (χ3n) is 4.43. The quantitative estimate of drug-likeness (QED) is 0.412. The molecule has 4 aromatic rings. The van der Waals surface area contributed by atoms with Gasteiger partial charge in [-0.3, -0.25) is 10.1 Å². The highest BCUT2D eigenvalue weighted by Gasteiger charge is 2.31. The fourth-order valence-electron chi connectivity index (χ4n) is 3.01. The first-order valence-corrected chi connectivity index (χ1v) is 9.84. The van der Waals surface area contributed by atoms with Crippen LogP contribution in [0.4, 0.5) is 19.1 Å². The number of carboxylic acid groups (broad SMARTS) is 1. The van der Waals surface area contributed by atoms with E-state index in [0.717, 1.165) is 12.1 Å². The molecule has 0 aliphatic rings. The van der Waals surface area contributed by atoms with Gasteiger partial charge in [0.15, 0.2) is 5.69 Å². The molecule has 0 saturated carbocycles. The number of aromatic carboxylic acids is 1. The predicted octanol–water partition coefficient (Wildman–Crippen LogP) is 5.43. The molecule has 2 aromatic carbocycles. The summed E-state index contributed by atoms with van der Waals surface area (Å²) in [5.74, 6) is -2.32. The van der Waals surface area contributed by atoms with Gasteiger partial charge >= 0.3 is 12.1 Å². The summed E-state index contributed by atoms with van der Waals surface area (Å²) in [5.41, 5.74) is -0.785. The Hall–Kier alpha value is -3.99. The lowest BCUT2D eigenvalue weighted by atomic mass is 9.99. The number of halogens is 3. The van der Waals surface area contributed by atoms with E-state index < -0.39 is 23.6 Å². The molecule has 0 bridgehead atoms. The zero-order valence-corrected chi connectivity index (χ0v) is 16.7. The molecule has 0 spiro atoms. The first-order chi connectivity index (χ1) is 15.3. The smallest absolute Gasteiger partial charge is 0.416 e. The van der Waals surface area contributed by atoms with E-state index in [1.54, 1.807) is 11.4 Å². The highest BCUT2D eigenvalue weighted by atomic mass is 32.1. The number of carbonyl (C=O) groups is 2. The highest BCUT2D eigenvalue weighted by Crippen LogP contribution is 2.40. The third kappa shape index (κ3) is 4.10. The lowest BCUT2D eigenvalue weighted by Crippen LogP contribution is -2.14. The summed E-state index contributed by atoms with van der Waals surface area (Å²) in [6, 6.07) is 9.89. The maximum atomic E-state index is 13.0. The lowest BCUT2D eigenvalue weighted by Gasteiger charge is -2.10. The van der Waals surface area contributed by atoms with Crippen molar-refractivity contribution < 1.29 is 32.4 Å². The molecule has 0 aliphatic heterocycles. The second-order valence-corrected chi connectivity index (χ2v) is 7.35. The maximum absolute atomic E-state index is 13.0. The number of hydrogen-bond acceptors (Lipinski definition) is 6. The van der Waals surface area contributed by atoms with Crippen molar-refractivity contribution in [1.29, 1.82) is 0 Å². The van der Waals surface area contributed by atoms with E-state index in [0.29, 0.717) is 11.1 Å². The average molecular weight is 459 g/mol. The van der Waals surface area contributed by atoms with Crippen LogP contribution in [0.3, 0.4) is 0 Å². The molecule has 7 nitrogen and oxygen atoms in total. The number of thiazole rings is 1. The summed E-state index contributed by atoms with van der Waals surface area (Å²) in [5, 5.41) is 18.0. The summed E-state index contributed by atoms with van der Waals surface area (Å²) >= 11 is 1.21. The van der Waals surface area contributed by atoms with Crippen LogP contribution in [-0.4, -0.2) is 27.1 Å². The molecule has 4 rings (SSSR count). The van der Waals surface area contributed by atoms with Crippen LogP contribution in [0.5, 0.6) is 0 Å². The van der Waals surface area contributed by atoms with E-state index in [4.69, 9.17) is 4.52 Å². The predicted molar refractivity (Wildman–Crippen MR) is 109 cm³/mol. The Morgan fingerprint density at radius 1 is 1.09 bits per heavy atom. The summed E-state index contributed by atoms with van der Waals surface area (Å²) in [4.78, 5) is 28.6. The van der Waals surface area contributed by atoms with Crippen molar-refractivity contribution in [2.75, 3.05) is 5.32 Å². The van der Waals surface area contributed by atoms with Crippen molar-refractivity contribution >= 4 is 29.1 Å². The van der Waals surface area contributed by atoms with Gasteiger partial charge in [-0.2, -0.15) is 13.2 Å². The second kappa shape index (κ2) is 8.27. The van der Waals surface area contributed by atoms with Crippen LogP contribution >= 0.6 is 11.3 Å². The molecule has 2 N–H and O–H groups in total. The first-order valence-electron chi connectivity index (χ1n) is 8.96. The second-order valence-electron chi connectivity index (χ2n) is 6.46. The minimum absolute atomic E-state index is 0.0805. The lowest BCUT2D eigenvalue weighted by molar-refractivity contribution is -0.137. The molecular formula is C21H12F3N3O4S. The summed E-state index contributed by atoms with van der Waals surface area (Å²) in [6.45, 7) is 0. The number of nitrogens with one attached hydrogen (secondary N) is 1. The molecule has 11 heteroatoms. The van der Waals surface area contributed by atoms with Gasteiger partial charge < -0.3 is 9.63 Å². The number of amides is 1. The normalized spacial score (nSPS) is 11.3. The minimum atomic E-state index is -4.62. The van der Waals surface area contributed by atoms with Crippen LogP contribution in [0.15, 0.2) is 64.6 Å². The SMILES string of the molecule is O=C(Nc1onc(-c2nccs2)c1-c1ccccc1C(=O)O)c1cccc(C(F)(F)F)c1. The Bertz CT molecular complexity index is 1300. The van der Waals surface area contributed by atoms with Gasteiger partial charge in [-0.15, -0.1) is 11.3 Å². The van der Waals surface area contributed by atoms with Crippen LogP contribution in [0, 0.1) is 0 Å². The number of alkyl halides is 3. The van der Waals surface area contributed by atoms with Crippen molar-refractivity contribution in [2.24, 2.45) is 0 Å². The largest absolute Gasteiger partial charge is 0.478 e. The van der Waals surface area contributed by atoms with Gasteiger partial charge in [0.05, 0.1) is 16.7 Å². The molecule has 0 radical (unpaired) electrons. The number of rotatable bonds is 5. The van der Waals surface area contributed by atoms with Gasteiger partial charge in [-0.1, -0.05) is 29.4 Å². The molecular weight excluding hydrogens is 447 g/mol. The number of nitrogens with zero attached hydrogens (tertiary/aromatic N) is 2. The van der Waals surface area contributed by atoms with E-state index in [1.165, 1.54) is 41.8 Å². The summed E-state index contributed by atoms with van der Waals surface area (Å²) < 4.78 is 44.3. The van der Waals surface area contributed by atoms with E-state index in [2.05, 4.69) is 15.5 Å². The van der Waals surface area contributed by atoms with Crippen molar-refractivity contribution in [3.63, 3.8) is 0 Å². The van der Waals surface area contributed by atoms with Gasteiger partial charge in [0, 0.05) is 22.7 Å². The third-order valence-corrected chi connectivity index (χ3v) is 5.21. The Morgan fingerprint density at radius 2 is 1.88 bits per heavy atom. The average Bonchev–Trinajstić information content (AvgIpc) is 3.43. The van der Waals surface area contributed by atoms with Crippen molar-refractivity contribution in [3.8, 4) is 21.8 Å². The summed E-state index contributed by atoms with van der Waals surface area (Å²) in [6.07, 6.45) is -3.10. The number of hydrogen-bond donors (Lipinski definition) is 2. The molecule has 0 atom stereocenters. The molecule has 162 valence electrons. The van der Waals surface area contributed by atoms with Gasteiger partial charge in [-0.25, -0.2) is 9.78 Å². The topological polar surface area (TPSA) is 105 Å². The fraction of sp³-hybridized carbons (Fsp3) is 0.0476. The monoisotopic (exact) mass is 459 g/mol. The molecule has 2 aromatic heterocycles. The van der Waals surface area contributed by atoms with Crippen molar-refractivity contribution in [2.45, 2.75) is 6.18 Å². The Morgan fingerprint density at radius 3 is 2.56 bits per heavy atom. The molecule has 0 saturated heterocycles. The molecule has 1 amide bonds. The Kier molecular flexibility index (Phi) is 5.49. The molecule has 32 heavy (non-hydrogen) atoms. The number of carboxylic acids is 1. The van der Waals surface area contributed by atoms with E-state index >= 15 is 0 Å². The minimum Gasteiger partial charge on any atom is -0.478 e. The van der Waals surface area contributed by atoms with Crippen molar-refractivity contribution in [3.05, 3.63) is 76.8 Å². The fourth-order valence-corrected chi connectivity index (χ4v) is 3.63. The van der Waals surface area contributed by atoms with Crippen LogP contribution in [0.1, 0.15) is 26.3 Å². The number of aromatic nitrogens is 2. The molecule has 0 unspecified atom stereocenters. The number of anilines is 1. The summed E-state index contributed by atoms with van der Waals surface area (Å²) in [7, 11) is 0. The van der Waals surface area contributed by atoms with Crippen LogP contribution in [0.2, 0.25) is 0 Å². The molecule has 0 fully saturated rings. The van der Waals surface area contributed by atoms with Crippen LogP contribution in [-0.2, 0) is 6.18 Å². The van der Waals surface area contributed by atoms with Gasteiger partial charge in [0.2, 0.25) is 5.88 Å². The standard InChI is InChI=1S/C21H12F3N3O4S/c22-21(23,24)12-5-3-4-11(10-12)17(28)26-18-15(13-6-1-2-7-14(13)20(29)30)16(27-31-18)19-25-8-9-32-19/h1-10H,(H,26,28)(H,29,30). The van der Waals surface area contributed by atoms with E-state index in [9.17, 15) is 27.9 Å². The number of benzene rings is 2. The molecule has 0 aliphatic carbocycles. The molecule has 2 heterocycles.